The van der Waals surface area contributed by atoms with Crippen LogP contribution >= 0.6 is 0 Å². The summed E-state index contributed by atoms with van der Waals surface area (Å²) in [5.41, 5.74) is 6.91. The quantitative estimate of drug-likeness (QED) is 0.758. The Morgan fingerprint density at radius 1 is 1.00 bits per heavy atom. The van der Waals surface area contributed by atoms with Crippen LogP contribution in [0.3, 0.4) is 0 Å². The third kappa shape index (κ3) is 5.44. The van der Waals surface area contributed by atoms with Gasteiger partial charge in [0.1, 0.15) is 24.7 Å². The highest BCUT2D eigenvalue weighted by molar-refractivity contribution is 5.21. The molecule has 2 aromatic rings. The molecule has 0 aliphatic carbocycles. The van der Waals surface area contributed by atoms with Crippen LogP contribution in [0.25, 0.3) is 0 Å². The number of rotatable bonds is 8. The molecule has 1 aromatic carbocycles. The highest BCUT2D eigenvalue weighted by atomic mass is 16.5. The first-order valence-corrected chi connectivity index (χ1v) is 7.29. The van der Waals surface area contributed by atoms with Gasteiger partial charge in [-0.1, -0.05) is 25.1 Å². The first kappa shape index (κ1) is 15.3. The average Bonchev–Trinajstić information content (AvgIpc) is 2.54. The van der Waals surface area contributed by atoms with Crippen LogP contribution in [-0.4, -0.2) is 24.2 Å². The fraction of sp³-hybridized carbons (Fsp3) is 0.353. The number of pyridine rings is 1. The number of hydrogen-bond donors (Lipinski definition) is 1. The lowest BCUT2D eigenvalue weighted by atomic mass is 10.1. The minimum Gasteiger partial charge on any atom is -0.490 e. The Bertz CT molecular complexity index is 514. The summed E-state index contributed by atoms with van der Waals surface area (Å²) in [5.74, 6) is 1.60. The van der Waals surface area contributed by atoms with Crippen molar-refractivity contribution in [2.45, 2.75) is 25.8 Å². The second-order valence-electron chi connectivity index (χ2n) is 4.87. The zero-order valence-corrected chi connectivity index (χ0v) is 12.4. The third-order valence-corrected chi connectivity index (χ3v) is 3.16. The molecule has 4 heteroatoms. The molecular formula is C17H22N2O2. The van der Waals surface area contributed by atoms with Crippen molar-refractivity contribution in [2.75, 3.05) is 13.2 Å². The van der Waals surface area contributed by atoms with E-state index in [4.69, 9.17) is 15.2 Å². The van der Waals surface area contributed by atoms with Gasteiger partial charge >= 0.3 is 0 Å². The molecule has 1 heterocycles. The van der Waals surface area contributed by atoms with E-state index in [0.717, 1.165) is 30.0 Å². The maximum Gasteiger partial charge on any atom is 0.137 e. The zero-order valence-electron chi connectivity index (χ0n) is 12.4. The average molecular weight is 286 g/mol. The Morgan fingerprint density at radius 2 is 1.71 bits per heavy atom. The van der Waals surface area contributed by atoms with Crippen LogP contribution in [0.15, 0.2) is 48.7 Å². The molecule has 0 aliphatic rings. The summed E-state index contributed by atoms with van der Waals surface area (Å²) >= 11 is 0. The standard InChI is InChI=1S/C17H22N2O2/c1-2-14(18)12-15-8-9-17(13-19-15)21-11-10-20-16-6-4-3-5-7-16/h3-9,13-14H,2,10-12,18H2,1H3. The van der Waals surface area contributed by atoms with Crippen LogP contribution in [0.1, 0.15) is 19.0 Å². The van der Waals surface area contributed by atoms with Gasteiger partial charge in [-0.05, 0) is 30.7 Å². The van der Waals surface area contributed by atoms with Crippen LogP contribution in [0.2, 0.25) is 0 Å². The lowest BCUT2D eigenvalue weighted by molar-refractivity contribution is 0.216. The number of nitrogens with zero attached hydrogens (tertiary/aromatic N) is 1. The van der Waals surface area contributed by atoms with Crippen molar-refractivity contribution in [3.63, 3.8) is 0 Å². The van der Waals surface area contributed by atoms with E-state index in [0.29, 0.717) is 13.2 Å². The van der Waals surface area contributed by atoms with Gasteiger partial charge in [-0.15, -0.1) is 0 Å². The fourth-order valence-corrected chi connectivity index (χ4v) is 1.87. The van der Waals surface area contributed by atoms with Gasteiger partial charge in [0.25, 0.3) is 0 Å². The van der Waals surface area contributed by atoms with Gasteiger partial charge < -0.3 is 15.2 Å². The van der Waals surface area contributed by atoms with Crippen molar-refractivity contribution < 1.29 is 9.47 Å². The molecule has 0 bridgehead atoms. The highest BCUT2D eigenvalue weighted by Crippen LogP contribution is 2.11. The Morgan fingerprint density at radius 3 is 2.33 bits per heavy atom. The van der Waals surface area contributed by atoms with E-state index in [9.17, 15) is 0 Å². The highest BCUT2D eigenvalue weighted by Gasteiger charge is 2.03. The molecular weight excluding hydrogens is 264 g/mol. The molecule has 0 aliphatic heterocycles. The van der Waals surface area contributed by atoms with E-state index < -0.39 is 0 Å². The number of aromatic nitrogens is 1. The third-order valence-electron chi connectivity index (χ3n) is 3.16. The molecule has 0 radical (unpaired) electrons. The van der Waals surface area contributed by atoms with E-state index in [1.807, 2.05) is 42.5 Å². The van der Waals surface area contributed by atoms with E-state index in [1.165, 1.54) is 0 Å². The van der Waals surface area contributed by atoms with Gasteiger partial charge in [0.2, 0.25) is 0 Å². The van der Waals surface area contributed by atoms with Crippen molar-refractivity contribution in [3.8, 4) is 11.5 Å². The Hall–Kier alpha value is -2.07. The molecule has 0 spiro atoms. The summed E-state index contributed by atoms with van der Waals surface area (Å²) in [7, 11) is 0. The molecule has 2 N–H and O–H groups in total. The molecule has 1 atom stereocenters. The van der Waals surface area contributed by atoms with E-state index >= 15 is 0 Å². The molecule has 2 rings (SSSR count). The topological polar surface area (TPSA) is 57.4 Å². The second kappa shape index (κ2) is 8.27. The maximum atomic E-state index is 5.91. The Balaban J connectivity index is 1.71. The fourth-order valence-electron chi connectivity index (χ4n) is 1.87. The lowest BCUT2D eigenvalue weighted by Gasteiger charge is -2.10. The van der Waals surface area contributed by atoms with E-state index in [2.05, 4.69) is 11.9 Å². The number of ether oxygens (including phenoxy) is 2. The van der Waals surface area contributed by atoms with Crippen LogP contribution in [0, 0.1) is 0 Å². The lowest BCUT2D eigenvalue weighted by Crippen LogP contribution is -2.21. The van der Waals surface area contributed by atoms with Crippen molar-refractivity contribution in [1.82, 2.24) is 4.98 Å². The van der Waals surface area contributed by atoms with Gasteiger partial charge in [-0.25, -0.2) is 0 Å². The largest absolute Gasteiger partial charge is 0.490 e. The number of nitrogens with two attached hydrogens (primary N) is 1. The van der Waals surface area contributed by atoms with Crippen LogP contribution < -0.4 is 15.2 Å². The van der Waals surface area contributed by atoms with Crippen molar-refractivity contribution >= 4 is 0 Å². The van der Waals surface area contributed by atoms with Gasteiger partial charge in [0.05, 0.1) is 6.20 Å². The van der Waals surface area contributed by atoms with Crippen molar-refractivity contribution in [1.29, 1.82) is 0 Å². The number of hydrogen-bond acceptors (Lipinski definition) is 4. The van der Waals surface area contributed by atoms with Crippen LogP contribution in [-0.2, 0) is 6.42 Å². The normalized spacial score (nSPS) is 11.9. The molecule has 0 fully saturated rings. The first-order chi connectivity index (χ1) is 10.3. The number of para-hydroxylation sites is 1. The van der Waals surface area contributed by atoms with Crippen LogP contribution in [0.4, 0.5) is 0 Å². The van der Waals surface area contributed by atoms with Crippen molar-refractivity contribution in [2.24, 2.45) is 5.73 Å². The zero-order chi connectivity index (χ0) is 14.9. The summed E-state index contributed by atoms with van der Waals surface area (Å²) in [5, 5.41) is 0. The first-order valence-electron chi connectivity index (χ1n) is 7.29. The summed E-state index contributed by atoms with van der Waals surface area (Å²) in [6.07, 6.45) is 3.49. The molecule has 21 heavy (non-hydrogen) atoms. The van der Waals surface area contributed by atoms with Crippen molar-refractivity contribution in [3.05, 3.63) is 54.4 Å². The molecule has 1 unspecified atom stereocenters. The summed E-state index contributed by atoms with van der Waals surface area (Å²) in [6.45, 7) is 3.08. The maximum absolute atomic E-state index is 5.91. The Labute approximate surface area is 125 Å². The van der Waals surface area contributed by atoms with Gasteiger partial charge in [0, 0.05) is 18.2 Å². The van der Waals surface area contributed by atoms with Gasteiger partial charge in [0.15, 0.2) is 0 Å². The molecule has 0 saturated heterocycles. The van der Waals surface area contributed by atoms with Gasteiger partial charge in [-0.3, -0.25) is 4.98 Å². The smallest absolute Gasteiger partial charge is 0.137 e. The van der Waals surface area contributed by atoms with E-state index in [1.54, 1.807) is 6.20 Å². The minimum absolute atomic E-state index is 0.170. The predicted octanol–water partition coefficient (Wildman–Crippen LogP) is 2.82. The summed E-state index contributed by atoms with van der Waals surface area (Å²) < 4.78 is 11.2. The SMILES string of the molecule is CCC(N)Cc1ccc(OCCOc2ccccc2)cn1. The van der Waals surface area contributed by atoms with E-state index in [-0.39, 0.29) is 6.04 Å². The monoisotopic (exact) mass is 286 g/mol. The second-order valence-corrected chi connectivity index (χ2v) is 4.87. The molecule has 112 valence electrons. The van der Waals surface area contributed by atoms with Gasteiger partial charge in [-0.2, -0.15) is 0 Å². The van der Waals surface area contributed by atoms with Crippen LogP contribution in [0.5, 0.6) is 11.5 Å². The minimum atomic E-state index is 0.170. The molecule has 0 amide bonds. The molecule has 1 aromatic heterocycles. The Kier molecular flexibility index (Phi) is 6.03. The molecule has 4 nitrogen and oxygen atoms in total. The summed E-state index contributed by atoms with van der Waals surface area (Å²) in [4.78, 5) is 4.36. The predicted molar refractivity (Wildman–Crippen MR) is 83.6 cm³/mol. The summed E-state index contributed by atoms with van der Waals surface area (Å²) in [6, 6.07) is 13.8. The molecule has 0 saturated carbocycles. The number of benzene rings is 1.